The summed E-state index contributed by atoms with van der Waals surface area (Å²) < 4.78 is 10.5. The van der Waals surface area contributed by atoms with Gasteiger partial charge in [-0.15, -0.1) is 0 Å². The molecule has 0 spiro atoms. The van der Waals surface area contributed by atoms with Crippen molar-refractivity contribution in [3.05, 3.63) is 0 Å². The van der Waals surface area contributed by atoms with Crippen molar-refractivity contribution in [3.8, 4) is 0 Å². The third-order valence-electron chi connectivity index (χ3n) is 2.73. The Kier molecular flexibility index (Phi) is 2.35. The summed E-state index contributed by atoms with van der Waals surface area (Å²) in [6.07, 6.45) is 4.03. The van der Waals surface area contributed by atoms with E-state index in [-0.39, 0.29) is 0 Å². The third-order valence-corrected chi connectivity index (χ3v) is 2.73. The minimum atomic E-state index is 0.371. The number of rotatable bonds is 3. The van der Waals surface area contributed by atoms with Crippen LogP contribution in [-0.4, -0.2) is 31.6 Å². The summed E-state index contributed by atoms with van der Waals surface area (Å²) in [4.78, 5) is 0. The van der Waals surface area contributed by atoms with Crippen LogP contribution in [0.15, 0.2) is 0 Å². The van der Waals surface area contributed by atoms with Gasteiger partial charge in [0.15, 0.2) is 0 Å². The van der Waals surface area contributed by atoms with Crippen LogP contribution in [0.25, 0.3) is 0 Å². The predicted molar refractivity (Wildman–Crippen MR) is 46.0 cm³/mol. The van der Waals surface area contributed by atoms with Crippen LogP contribution in [0.3, 0.4) is 0 Å². The molecule has 12 heavy (non-hydrogen) atoms. The molecule has 1 N–H and O–H groups in total. The van der Waals surface area contributed by atoms with E-state index in [1.807, 2.05) is 0 Å². The summed E-state index contributed by atoms with van der Waals surface area (Å²) in [7, 11) is 0. The lowest BCUT2D eigenvalue weighted by molar-refractivity contribution is -0.137. The molecule has 0 aromatic carbocycles. The standard InChI is InChI=1S/C9H17NO2/c1-9(3-4-9)10-6-8-2-5-11-7-12-8/h8,10H,2-7H2,1H3. The topological polar surface area (TPSA) is 30.5 Å². The van der Waals surface area contributed by atoms with Gasteiger partial charge in [-0.3, -0.25) is 0 Å². The zero-order chi connectivity index (χ0) is 8.44. The average molecular weight is 171 g/mol. The minimum absolute atomic E-state index is 0.371. The summed E-state index contributed by atoms with van der Waals surface area (Å²) in [6, 6.07) is 0. The third kappa shape index (κ3) is 2.19. The SMILES string of the molecule is CC1(NCC2CCOCO2)CC1. The number of ether oxygens (including phenoxy) is 2. The molecule has 0 radical (unpaired) electrons. The van der Waals surface area contributed by atoms with E-state index in [0.29, 0.717) is 18.4 Å². The first-order chi connectivity index (χ1) is 5.79. The zero-order valence-corrected chi connectivity index (χ0v) is 7.64. The first-order valence-corrected chi connectivity index (χ1v) is 4.73. The largest absolute Gasteiger partial charge is 0.355 e. The van der Waals surface area contributed by atoms with Gasteiger partial charge >= 0.3 is 0 Å². The maximum absolute atomic E-state index is 5.42. The van der Waals surface area contributed by atoms with Crippen molar-refractivity contribution in [2.75, 3.05) is 19.9 Å². The summed E-state index contributed by atoms with van der Waals surface area (Å²) in [6.45, 7) is 4.58. The second-order valence-electron chi connectivity index (χ2n) is 4.05. The maximum Gasteiger partial charge on any atom is 0.147 e. The lowest BCUT2D eigenvalue weighted by Gasteiger charge is -2.24. The molecule has 1 saturated heterocycles. The number of hydrogen-bond acceptors (Lipinski definition) is 3. The lowest BCUT2D eigenvalue weighted by Crippen LogP contribution is -2.39. The van der Waals surface area contributed by atoms with Gasteiger partial charge in [0.2, 0.25) is 0 Å². The second-order valence-corrected chi connectivity index (χ2v) is 4.05. The highest BCUT2D eigenvalue weighted by molar-refractivity contribution is 4.97. The molecule has 3 nitrogen and oxygen atoms in total. The van der Waals surface area contributed by atoms with E-state index in [2.05, 4.69) is 12.2 Å². The Morgan fingerprint density at radius 1 is 1.50 bits per heavy atom. The van der Waals surface area contributed by atoms with Crippen LogP contribution in [0.2, 0.25) is 0 Å². The Balaban J connectivity index is 1.65. The molecule has 2 aliphatic rings. The van der Waals surface area contributed by atoms with E-state index in [9.17, 15) is 0 Å². The van der Waals surface area contributed by atoms with Crippen molar-refractivity contribution in [1.82, 2.24) is 5.32 Å². The van der Waals surface area contributed by atoms with Gasteiger partial charge in [0.1, 0.15) is 6.79 Å². The van der Waals surface area contributed by atoms with Crippen LogP contribution in [0.5, 0.6) is 0 Å². The van der Waals surface area contributed by atoms with Gasteiger partial charge in [0.05, 0.1) is 12.7 Å². The fourth-order valence-electron chi connectivity index (χ4n) is 1.39. The van der Waals surface area contributed by atoms with Gasteiger partial charge in [-0.05, 0) is 26.2 Å². The Hall–Kier alpha value is -0.120. The highest BCUT2D eigenvalue weighted by Crippen LogP contribution is 2.34. The Labute approximate surface area is 73.4 Å². The molecule has 1 saturated carbocycles. The van der Waals surface area contributed by atoms with E-state index < -0.39 is 0 Å². The summed E-state index contributed by atoms with van der Waals surface area (Å²) in [5.74, 6) is 0. The van der Waals surface area contributed by atoms with Crippen molar-refractivity contribution >= 4 is 0 Å². The van der Waals surface area contributed by atoms with Gasteiger partial charge in [0, 0.05) is 12.1 Å². The van der Waals surface area contributed by atoms with Crippen LogP contribution in [0, 0.1) is 0 Å². The zero-order valence-electron chi connectivity index (χ0n) is 7.64. The molecule has 1 atom stereocenters. The van der Waals surface area contributed by atoms with E-state index in [4.69, 9.17) is 9.47 Å². The van der Waals surface area contributed by atoms with Crippen LogP contribution in [-0.2, 0) is 9.47 Å². The second kappa shape index (κ2) is 3.32. The molecule has 70 valence electrons. The maximum atomic E-state index is 5.42. The average Bonchev–Trinajstić information content (AvgIpc) is 2.84. The van der Waals surface area contributed by atoms with E-state index in [0.717, 1.165) is 19.6 Å². The molecule has 0 aromatic heterocycles. The monoisotopic (exact) mass is 171 g/mol. The van der Waals surface area contributed by atoms with Crippen LogP contribution >= 0.6 is 0 Å². The van der Waals surface area contributed by atoms with Gasteiger partial charge in [-0.2, -0.15) is 0 Å². The molecule has 0 bridgehead atoms. The van der Waals surface area contributed by atoms with Gasteiger partial charge in [-0.25, -0.2) is 0 Å². The molecule has 1 aliphatic heterocycles. The van der Waals surface area contributed by atoms with E-state index in [1.54, 1.807) is 0 Å². The van der Waals surface area contributed by atoms with Crippen LogP contribution in [0.4, 0.5) is 0 Å². The Morgan fingerprint density at radius 3 is 2.92 bits per heavy atom. The van der Waals surface area contributed by atoms with Crippen molar-refractivity contribution in [2.45, 2.75) is 37.8 Å². The number of hydrogen-bond donors (Lipinski definition) is 1. The summed E-state index contributed by atoms with van der Waals surface area (Å²) in [5, 5.41) is 3.52. The molecular weight excluding hydrogens is 154 g/mol. The molecular formula is C9H17NO2. The van der Waals surface area contributed by atoms with Gasteiger partial charge in [0.25, 0.3) is 0 Å². The molecule has 1 heterocycles. The minimum Gasteiger partial charge on any atom is -0.355 e. The van der Waals surface area contributed by atoms with Crippen molar-refractivity contribution in [1.29, 1.82) is 0 Å². The predicted octanol–water partition coefficient (Wildman–Crippen LogP) is 0.891. The molecule has 1 aliphatic carbocycles. The molecule has 2 fully saturated rings. The highest BCUT2D eigenvalue weighted by atomic mass is 16.7. The summed E-state index contributed by atoms with van der Waals surface area (Å²) >= 11 is 0. The van der Waals surface area contributed by atoms with Crippen molar-refractivity contribution in [2.24, 2.45) is 0 Å². The first-order valence-electron chi connectivity index (χ1n) is 4.73. The molecule has 1 unspecified atom stereocenters. The van der Waals surface area contributed by atoms with Crippen LogP contribution in [0.1, 0.15) is 26.2 Å². The normalized spacial score (nSPS) is 33.2. The Bertz CT molecular complexity index is 151. The molecule has 2 rings (SSSR count). The van der Waals surface area contributed by atoms with Crippen molar-refractivity contribution in [3.63, 3.8) is 0 Å². The number of nitrogens with one attached hydrogen (secondary N) is 1. The molecule has 0 aromatic rings. The summed E-state index contributed by atoms with van der Waals surface area (Å²) in [5.41, 5.74) is 0.432. The highest BCUT2D eigenvalue weighted by Gasteiger charge is 2.37. The fourth-order valence-corrected chi connectivity index (χ4v) is 1.39. The quantitative estimate of drug-likeness (QED) is 0.684. The van der Waals surface area contributed by atoms with Gasteiger partial charge in [-0.1, -0.05) is 0 Å². The Morgan fingerprint density at radius 2 is 2.33 bits per heavy atom. The van der Waals surface area contributed by atoms with E-state index in [1.165, 1.54) is 12.8 Å². The van der Waals surface area contributed by atoms with Crippen molar-refractivity contribution < 1.29 is 9.47 Å². The molecule has 3 heteroatoms. The first kappa shape index (κ1) is 8.48. The lowest BCUT2D eigenvalue weighted by atomic mass is 10.2. The van der Waals surface area contributed by atoms with E-state index >= 15 is 0 Å². The smallest absolute Gasteiger partial charge is 0.147 e. The fraction of sp³-hybridized carbons (Fsp3) is 1.00. The van der Waals surface area contributed by atoms with Gasteiger partial charge < -0.3 is 14.8 Å². The van der Waals surface area contributed by atoms with Crippen LogP contribution < -0.4 is 5.32 Å². The molecule has 0 amide bonds.